The molecule has 154 valence electrons. The van der Waals surface area contributed by atoms with Crippen molar-refractivity contribution in [3.8, 4) is 17.2 Å². The van der Waals surface area contributed by atoms with Gasteiger partial charge in [0.1, 0.15) is 0 Å². The Labute approximate surface area is 173 Å². The third-order valence-corrected chi connectivity index (χ3v) is 5.42. The number of carbonyl (C=O) groups excluding carboxylic acids is 1. The van der Waals surface area contributed by atoms with Crippen molar-refractivity contribution in [2.24, 2.45) is 4.99 Å². The number of nitrogens with zero attached hydrogens (tertiary/aromatic N) is 2. The van der Waals surface area contributed by atoms with Crippen LogP contribution in [0.25, 0.3) is 10.2 Å². The van der Waals surface area contributed by atoms with Gasteiger partial charge in [0, 0.05) is 18.7 Å². The molecule has 0 aliphatic heterocycles. The monoisotopic (exact) mass is 416 g/mol. The number of rotatable bonds is 8. The SMILES string of the molecule is CCOCCn1c(=NC(=O)c2cc(OC)c(OC)c(OC)c2)sc2ccccc21. The summed E-state index contributed by atoms with van der Waals surface area (Å²) in [7, 11) is 4.54. The molecule has 0 saturated heterocycles. The van der Waals surface area contributed by atoms with Crippen LogP contribution in [0.4, 0.5) is 0 Å². The van der Waals surface area contributed by atoms with Gasteiger partial charge in [0.15, 0.2) is 16.3 Å². The summed E-state index contributed by atoms with van der Waals surface area (Å²) >= 11 is 1.47. The maximum atomic E-state index is 13.0. The number of thiazole rings is 1. The minimum absolute atomic E-state index is 0.355. The van der Waals surface area contributed by atoms with E-state index in [-0.39, 0.29) is 5.91 Å². The Hall–Kier alpha value is -2.84. The number of methoxy groups -OCH3 is 3. The molecule has 0 aliphatic rings. The van der Waals surface area contributed by atoms with Crippen LogP contribution in [0.5, 0.6) is 17.2 Å². The average molecular weight is 416 g/mol. The van der Waals surface area contributed by atoms with Crippen molar-refractivity contribution < 1.29 is 23.7 Å². The Morgan fingerprint density at radius 1 is 1.07 bits per heavy atom. The van der Waals surface area contributed by atoms with Crippen LogP contribution in [0.15, 0.2) is 41.4 Å². The highest BCUT2D eigenvalue weighted by molar-refractivity contribution is 7.16. The van der Waals surface area contributed by atoms with Gasteiger partial charge >= 0.3 is 0 Å². The minimum atomic E-state index is -0.388. The number of amides is 1. The zero-order valence-corrected chi connectivity index (χ0v) is 17.7. The fourth-order valence-corrected chi connectivity index (χ4v) is 4.03. The van der Waals surface area contributed by atoms with Crippen molar-refractivity contribution in [1.29, 1.82) is 0 Å². The lowest BCUT2D eigenvalue weighted by molar-refractivity contribution is 0.0996. The predicted molar refractivity (Wildman–Crippen MR) is 112 cm³/mol. The van der Waals surface area contributed by atoms with E-state index in [4.69, 9.17) is 18.9 Å². The highest BCUT2D eigenvalue weighted by atomic mass is 32.1. The Balaban J connectivity index is 2.07. The molecule has 0 atom stereocenters. The summed E-state index contributed by atoms with van der Waals surface area (Å²) in [6, 6.07) is 11.2. The second kappa shape index (κ2) is 9.58. The van der Waals surface area contributed by atoms with Crippen LogP contribution in [-0.4, -0.2) is 45.0 Å². The molecule has 0 saturated carbocycles. The molecule has 1 aromatic heterocycles. The van der Waals surface area contributed by atoms with Crippen molar-refractivity contribution in [3.05, 3.63) is 46.8 Å². The second-order valence-corrected chi connectivity index (χ2v) is 7.04. The molecule has 0 spiro atoms. The molecule has 8 heteroatoms. The number of aromatic nitrogens is 1. The average Bonchev–Trinajstić information content (AvgIpc) is 3.09. The van der Waals surface area contributed by atoms with Crippen LogP contribution < -0.4 is 19.0 Å². The molecule has 3 aromatic rings. The van der Waals surface area contributed by atoms with E-state index < -0.39 is 0 Å². The summed E-state index contributed by atoms with van der Waals surface area (Å²) in [5, 5.41) is 0. The van der Waals surface area contributed by atoms with E-state index in [1.54, 1.807) is 12.1 Å². The number of hydrogen-bond donors (Lipinski definition) is 0. The van der Waals surface area contributed by atoms with Crippen molar-refractivity contribution in [1.82, 2.24) is 4.57 Å². The summed E-state index contributed by atoms with van der Waals surface area (Å²) in [4.78, 5) is 18.0. The Morgan fingerprint density at radius 3 is 2.38 bits per heavy atom. The number of fused-ring (bicyclic) bond motifs is 1. The molecular weight excluding hydrogens is 392 g/mol. The lowest BCUT2D eigenvalue weighted by Gasteiger charge is -2.12. The Kier molecular flexibility index (Phi) is 6.90. The van der Waals surface area contributed by atoms with Crippen molar-refractivity contribution in [3.63, 3.8) is 0 Å². The first-order valence-electron chi connectivity index (χ1n) is 9.18. The van der Waals surface area contributed by atoms with Gasteiger partial charge in [0.25, 0.3) is 5.91 Å². The van der Waals surface area contributed by atoms with E-state index in [0.717, 1.165) is 10.2 Å². The highest BCUT2D eigenvalue weighted by Gasteiger charge is 2.17. The smallest absolute Gasteiger partial charge is 0.279 e. The van der Waals surface area contributed by atoms with E-state index in [1.165, 1.54) is 32.7 Å². The van der Waals surface area contributed by atoms with Crippen LogP contribution >= 0.6 is 11.3 Å². The maximum Gasteiger partial charge on any atom is 0.279 e. The quantitative estimate of drug-likeness (QED) is 0.526. The standard InChI is InChI=1S/C21H24N2O5S/c1-5-28-11-10-23-15-8-6-7-9-18(15)29-21(23)22-20(24)14-12-16(25-2)19(27-4)17(13-14)26-3/h6-9,12-13H,5,10-11H2,1-4H3. The van der Waals surface area contributed by atoms with Crippen molar-refractivity contribution >= 4 is 27.5 Å². The summed E-state index contributed by atoms with van der Waals surface area (Å²) in [5.41, 5.74) is 1.38. The summed E-state index contributed by atoms with van der Waals surface area (Å²) in [6.45, 7) is 3.75. The largest absolute Gasteiger partial charge is 0.493 e. The van der Waals surface area contributed by atoms with Crippen LogP contribution in [0, 0.1) is 0 Å². The first-order valence-corrected chi connectivity index (χ1v) is 9.99. The van der Waals surface area contributed by atoms with E-state index >= 15 is 0 Å². The lowest BCUT2D eigenvalue weighted by atomic mass is 10.1. The molecular formula is C21H24N2O5S. The lowest BCUT2D eigenvalue weighted by Crippen LogP contribution is -2.19. The molecule has 0 fully saturated rings. The van der Waals surface area contributed by atoms with Gasteiger partial charge in [-0.1, -0.05) is 23.5 Å². The first-order chi connectivity index (χ1) is 14.1. The summed E-state index contributed by atoms with van der Waals surface area (Å²) < 4.78 is 24.6. The number of ether oxygens (including phenoxy) is 4. The number of hydrogen-bond acceptors (Lipinski definition) is 6. The van der Waals surface area contributed by atoms with Crippen LogP contribution in [-0.2, 0) is 11.3 Å². The number of benzene rings is 2. The zero-order chi connectivity index (χ0) is 20.8. The molecule has 29 heavy (non-hydrogen) atoms. The first kappa shape index (κ1) is 20.9. The fourth-order valence-electron chi connectivity index (χ4n) is 2.98. The maximum absolute atomic E-state index is 13.0. The van der Waals surface area contributed by atoms with Gasteiger partial charge in [-0.3, -0.25) is 4.79 Å². The van der Waals surface area contributed by atoms with Gasteiger partial charge in [0.05, 0.1) is 38.2 Å². The molecule has 0 aliphatic carbocycles. The molecule has 0 unspecified atom stereocenters. The molecule has 7 nitrogen and oxygen atoms in total. The molecule has 1 amide bonds. The van der Waals surface area contributed by atoms with E-state index in [9.17, 15) is 4.79 Å². The number of carbonyl (C=O) groups is 1. The normalized spacial score (nSPS) is 11.7. The second-order valence-electron chi connectivity index (χ2n) is 6.03. The van der Waals surface area contributed by atoms with E-state index in [2.05, 4.69) is 4.99 Å². The van der Waals surface area contributed by atoms with Gasteiger partial charge in [-0.05, 0) is 31.2 Å². The third kappa shape index (κ3) is 4.44. The zero-order valence-electron chi connectivity index (χ0n) is 16.9. The van der Waals surface area contributed by atoms with Gasteiger partial charge in [-0.15, -0.1) is 0 Å². The molecule has 0 N–H and O–H groups in total. The topological polar surface area (TPSA) is 71.3 Å². The van der Waals surface area contributed by atoms with Gasteiger partial charge in [-0.2, -0.15) is 4.99 Å². The third-order valence-electron chi connectivity index (χ3n) is 4.36. The fraction of sp³-hybridized carbons (Fsp3) is 0.333. The molecule has 0 radical (unpaired) electrons. The van der Waals surface area contributed by atoms with Crippen LogP contribution in [0.3, 0.4) is 0 Å². The highest BCUT2D eigenvalue weighted by Crippen LogP contribution is 2.38. The summed E-state index contributed by atoms with van der Waals surface area (Å²) in [6.07, 6.45) is 0. The Bertz CT molecular complexity index is 1050. The van der Waals surface area contributed by atoms with Crippen molar-refractivity contribution in [2.45, 2.75) is 13.5 Å². The minimum Gasteiger partial charge on any atom is -0.493 e. The summed E-state index contributed by atoms with van der Waals surface area (Å²) in [5.74, 6) is 0.859. The van der Waals surface area contributed by atoms with Crippen LogP contribution in [0.1, 0.15) is 17.3 Å². The van der Waals surface area contributed by atoms with Gasteiger partial charge in [-0.25, -0.2) is 0 Å². The molecule has 3 rings (SSSR count). The molecule has 0 bridgehead atoms. The Morgan fingerprint density at radius 2 is 1.76 bits per heavy atom. The number of para-hydroxylation sites is 1. The predicted octanol–water partition coefficient (Wildman–Crippen LogP) is 3.51. The van der Waals surface area contributed by atoms with E-state index in [0.29, 0.717) is 47.4 Å². The van der Waals surface area contributed by atoms with Gasteiger partial charge in [0.2, 0.25) is 5.75 Å². The van der Waals surface area contributed by atoms with Crippen LogP contribution in [0.2, 0.25) is 0 Å². The molecule has 1 heterocycles. The van der Waals surface area contributed by atoms with Gasteiger partial charge < -0.3 is 23.5 Å². The molecule has 2 aromatic carbocycles. The van der Waals surface area contributed by atoms with E-state index in [1.807, 2.05) is 35.8 Å². The van der Waals surface area contributed by atoms with Crippen molar-refractivity contribution in [2.75, 3.05) is 34.5 Å².